The van der Waals surface area contributed by atoms with Gasteiger partial charge in [-0.3, -0.25) is 0 Å². The molecule has 0 unspecified atom stereocenters. The van der Waals surface area contributed by atoms with E-state index in [1.807, 2.05) is 0 Å². The number of carboxylic acid groups (broad SMARTS) is 1. The number of quaternary nitrogens is 2. The van der Waals surface area contributed by atoms with Crippen LogP contribution in [0.1, 0.15) is 182 Å². The summed E-state index contributed by atoms with van der Waals surface area (Å²) in [6.07, 6.45) is 23.7. The van der Waals surface area contributed by atoms with Gasteiger partial charge in [0.2, 0.25) is 10.0 Å². The van der Waals surface area contributed by atoms with Crippen molar-refractivity contribution < 1.29 is 49.2 Å². The van der Waals surface area contributed by atoms with Gasteiger partial charge >= 0.3 is 0 Å². The highest BCUT2D eigenvalue weighted by Gasteiger charge is 2.39. The summed E-state index contributed by atoms with van der Waals surface area (Å²) in [4.78, 5) is 10.7. The highest BCUT2D eigenvalue weighted by molar-refractivity contribution is 7.89. The Labute approximate surface area is 372 Å². The van der Waals surface area contributed by atoms with Crippen LogP contribution >= 0.6 is 0 Å². The van der Waals surface area contributed by atoms with Gasteiger partial charge in [0.25, 0.3) is 0 Å². The summed E-state index contributed by atoms with van der Waals surface area (Å²) in [6.45, 7) is 33.1. The van der Waals surface area contributed by atoms with Crippen LogP contribution in [0, 0.1) is 13.8 Å². The molecule has 2 rings (SSSR count). The summed E-state index contributed by atoms with van der Waals surface area (Å²) in [5.74, 6) is -0.711. The molecule has 0 amide bonds. The zero-order valence-electron chi connectivity index (χ0n) is 40.3. The number of ether oxygens (including phenoxy) is 2. The summed E-state index contributed by atoms with van der Waals surface area (Å²) in [7, 11) is -2.15. The second-order valence-electron chi connectivity index (χ2n) is 17.2. The van der Waals surface area contributed by atoms with Gasteiger partial charge in [-0.15, -0.1) is 0 Å². The van der Waals surface area contributed by atoms with Gasteiger partial charge in [0.05, 0.1) is 83.5 Å². The fourth-order valence-electron chi connectivity index (χ4n) is 8.01. The van der Waals surface area contributed by atoms with E-state index < -0.39 is 22.6 Å². The van der Waals surface area contributed by atoms with Crippen molar-refractivity contribution >= 4 is 16.0 Å². The van der Waals surface area contributed by atoms with Crippen LogP contribution in [0.15, 0.2) is 17.0 Å². The number of carboxylic acids is 1. The van der Waals surface area contributed by atoms with Crippen LogP contribution in [-0.2, 0) is 19.6 Å². The first-order chi connectivity index (χ1) is 27.8. The number of halogens is 1. The lowest BCUT2D eigenvalue weighted by molar-refractivity contribution is -0.929. The molecule has 0 saturated heterocycles. The average Bonchev–Trinajstić information content (AvgIpc) is 4.05. The number of methoxy groups -OCH3 is 1. The third-order valence-electron chi connectivity index (χ3n) is 11.8. The second kappa shape index (κ2) is 35.1. The number of aryl methyl sites for hydroxylation is 2. The summed E-state index contributed by atoms with van der Waals surface area (Å²) < 4.78 is 40.5. The second-order valence-corrected chi connectivity index (χ2v) is 19.0. The molecular weight excluding hydrogens is 782 g/mol. The monoisotopic (exact) mass is 876 g/mol. The quantitative estimate of drug-likeness (QED) is 0.0546. The van der Waals surface area contributed by atoms with Crippen molar-refractivity contribution in [3.05, 3.63) is 23.3 Å². The van der Waals surface area contributed by atoms with Gasteiger partial charge in [-0.1, -0.05) is 107 Å². The van der Waals surface area contributed by atoms with Crippen LogP contribution in [0.2, 0.25) is 0 Å². The van der Waals surface area contributed by atoms with Crippen molar-refractivity contribution in [2.75, 3.05) is 79.2 Å². The summed E-state index contributed by atoms with van der Waals surface area (Å²) >= 11 is 0. The molecule has 0 heterocycles. The van der Waals surface area contributed by atoms with Crippen molar-refractivity contribution in [3.8, 4) is 5.75 Å². The number of benzene rings is 1. The number of rotatable bonds is 33. The lowest BCUT2D eigenvalue weighted by Gasteiger charge is -2.39. The Morgan fingerprint density at radius 2 is 0.949 bits per heavy atom. The van der Waals surface area contributed by atoms with Crippen molar-refractivity contribution in [1.82, 2.24) is 4.31 Å². The van der Waals surface area contributed by atoms with Gasteiger partial charge < -0.3 is 40.7 Å². The average molecular weight is 877 g/mol. The number of unbranched alkanes of at least 4 members (excludes halogenated alkanes) is 8. The Kier molecular flexibility index (Phi) is 35.5. The van der Waals surface area contributed by atoms with E-state index in [0.717, 1.165) is 12.8 Å². The van der Waals surface area contributed by atoms with E-state index in [-0.39, 0.29) is 36.5 Å². The van der Waals surface area contributed by atoms with E-state index in [0.29, 0.717) is 16.9 Å². The zero-order chi connectivity index (χ0) is 43.9. The van der Waals surface area contributed by atoms with Crippen LogP contribution in [0.4, 0.5) is 0 Å². The van der Waals surface area contributed by atoms with Crippen LogP contribution < -0.4 is 22.3 Å². The predicted molar refractivity (Wildman–Crippen MR) is 244 cm³/mol. The molecule has 350 valence electrons. The summed E-state index contributed by atoms with van der Waals surface area (Å²) in [5.41, 5.74) is 1.24. The highest BCUT2D eigenvalue weighted by Crippen LogP contribution is 2.35. The molecule has 1 aromatic carbocycles. The minimum Gasteiger partial charge on any atom is -1.00 e. The van der Waals surface area contributed by atoms with Crippen LogP contribution in [0.5, 0.6) is 5.75 Å². The van der Waals surface area contributed by atoms with Crippen LogP contribution in [-0.4, -0.2) is 113 Å². The first-order valence-corrected chi connectivity index (χ1v) is 25.3. The molecule has 1 aromatic rings. The van der Waals surface area contributed by atoms with Gasteiger partial charge in [0.15, 0.2) is 0 Å². The van der Waals surface area contributed by atoms with Crippen LogP contribution in [0.3, 0.4) is 0 Å². The van der Waals surface area contributed by atoms with Crippen molar-refractivity contribution in [3.63, 3.8) is 0 Å². The molecule has 1 aliphatic rings. The van der Waals surface area contributed by atoms with Gasteiger partial charge in [0, 0.05) is 12.6 Å². The summed E-state index contributed by atoms with van der Waals surface area (Å²) in [6, 6.07) is 3.33. The number of aliphatic carboxylic acids is 1. The Morgan fingerprint density at radius 3 is 1.19 bits per heavy atom. The van der Waals surface area contributed by atoms with E-state index in [1.165, 1.54) is 175 Å². The molecule has 0 atom stereocenters. The molecule has 0 aromatic heterocycles. The molecule has 0 aliphatic heterocycles. The Bertz CT molecular complexity index is 1160. The molecule has 59 heavy (non-hydrogen) atoms. The number of carbonyl (C=O) groups excluding carboxylic acids is 1. The molecule has 0 bridgehead atoms. The van der Waals surface area contributed by atoms with Crippen molar-refractivity contribution in [1.29, 1.82) is 0 Å². The first kappa shape index (κ1) is 59.7. The largest absolute Gasteiger partial charge is 1.00 e. The van der Waals surface area contributed by atoms with E-state index in [1.54, 1.807) is 26.0 Å². The number of nitrogens with zero attached hydrogens (tertiary/aromatic N) is 3. The maximum atomic E-state index is 13.1. The fraction of sp³-hybridized carbons (Fsp3) is 0.854. The molecule has 1 aliphatic carbocycles. The molecule has 1 fully saturated rings. The maximum absolute atomic E-state index is 13.1. The molecule has 9 nitrogen and oxygen atoms in total. The standard InChI is InChI=1S/C16H23NO6S.2C16H36N.ClH/c1-11-8-14(22-3)9-12(2)16(11)24(20,21)17(13-4-5-13)6-7-23-10-15(18)19;2*1-5-9-13-17(14-10-6-2,15-11-7-3)16-12-8-4;/h8-9,13H,4-7,10H2,1-3H3,(H,18,19);2*5-16H2,1-4H3;1H/q;2*+1;/p-2. The highest BCUT2D eigenvalue weighted by atomic mass is 35.5. The topological polar surface area (TPSA) is 96.0 Å². The fourth-order valence-corrected chi connectivity index (χ4v) is 10.1. The smallest absolute Gasteiger partial charge is 0.243 e. The molecule has 1 saturated carbocycles. The number of hydrogen-bond donors (Lipinski definition) is 0. The van der Waals surface area contributed by atoms with Gasteiger partial charge in [-0.05, 0) is 101 Å². The Morgan fingerprint density at radius 1 is 0.644 bits per heavy atom. The van der Waals surface area contributed by atoms with E-state index in [4.69, 9.17) is 9.47 Å². The first-order valence-electron chi connectivity index (χ1n) is 23.9. The minimum absolute atomic E-state index is 0. The van der Waals surface area contributed by atoms with Gasteiger partial charge in [0.1, 0.15) is 5.75 Å². The van der Waals surface area contributed by atoms with E-state index in [9.17, 15) is 18.3 Å². The zero-order valence-corrected chi connectivity index (χ0v) is 41.9. The number of sulfonamides is 1. The third-order valence-corrected chi connectivity index (χ3v) is 14.0. The SMILES string of the molecule is CCCC[N+](CCCC)(CCCC)CCCC.CCCC[N+](CCCC)(CCCC)CCCC.COc1cc(C)c(S(=O)(=O)N(CCOCC(=O)[O-])C2CC2)c(C)c1.[Cl-]. The Balaban J connectivity index is 0. The lowest BCUT2D eigenvalue weighted by Crippen LogP contribution is -3.00. The molecular formula is C48H94ClN3O6S. The molecule has 0 N–H and O–H groups in total. The lowest BCUT2D eigenvalue weighted by atomic mass is 10.1. The molecule has 0 spiro atoms. The van der Waals surface area contributed by atoms with Crippen molar-refractivity contribution in [2.24, 2.45) is 0 Å². The normalized spacial score (nSPS) is 12.9. The van der Waals surface area contributed by atoms with E-state index in [2.05, 4.69) is 55.4 Å². The predicted octanol–water partition coefficient (Wildman–Crippen LogP) is 7.24. The maximum Gasteiger partial charge on any atom is 0.243 e. The molecule has 11 heteroatoms. The third kappa shape index (κ3) is 24.7. The van der Waals surface area contributed by atoms with E-state index >= 15 is 0 Å². The number of carbonyl (C=O) groups is 1. The molecule has 0 radical (unpaired) electrons. The van der Waals surface area contributed by atoms with Gasteiger partial charge in [-0.2, -0.15) is 4.31 Å². The summed E-state index contributed by atoms with van der Waals surface area (Å²) in [5, 5.41) is 10.4. The minimum atomic E-state index is -3.69. The van der Waals surface area contributed by atoms with Crippen LogP contribution in [0.25, 0.3) is 0 Å². The van der Waals surface area contributed by atoms with Crippen molar-refractivity contribution in [2.45, 2.75) is 196 Å². The Hall–Kier alpha value is -1.43. The number of hydrogen-bond acceptors (Lipinski definition) is 6. The van der Waals surface area contributed by atoms with Gasteiger partial charge in [-0.25, -0.2) is 8.42 Å².